The molecule has 28 heavy (non-hydrogen) atoms. The van der Waals surface area contributed by atoms with Crippen LogP contribution in [-0.2, 0) is 20.2 Å². The van der Waals surface area contributed by atoms with Crippen LogP contribution in [0.2, 0.25) is 0 Å². The average molecular weight is 448 g/mol. The minimum atomic E-state index is -4.26. The van der Waals surface area contributed by atoms with Crippen molar-refractivity contribution in [3.05, 3.63) is 59.7 Å². The van der Waals surface area contributed by atoms with Gasteiger partial charge in [-0.25, -0.2) is 0 Å². The van der Waals surface area contributed by atoms with E-state index in [9.17, 15) is 36.6 Å². The molecule has 140 valence electrons. The minimum Gasteiger partial charge on any atom is -0.545 e. The third kappa shape index (κ3) is 9.60. The summed E-state index contributed by atoms with van der Waals surface area (Å²) in [5.41, 5.74) is -0.292. The predicted octanol–water partition coefficient (Wildman–Crippen LogP) is -7.40. The van der Waals surface area contributed by atoms with Crippen molar-refractivity contribution in [1.29, 1.82) is 0 Å². The van der Waals surface area contributed by atoms with Gasteiger partial charge in [0.25, 0.3) is 20.2 Å². The van der Waals surface area contributed by atoms with Gasteiger partial charge in [0, 0.05) is 0 Å². The molecule has 0 unspecified atom stereocenters. The van der Waals surface area contributed by atoms with Crippen molar-refractivity contribution in [2.75, 3.05) is 0 Å². The van der Waals surface area contributed by atoms with E-state index in [0.717, 1.165) is 48.5 Å². The SMILES string of the molecule is O=C([O-])c1ccc(S(=O)(=O)O)cc1.O=C([O-])c1ccc(S(=O)(=O)O)cc1.[Na+].[Na+]. The van der Waals surface area contributed by atoms with E-state index in [1.807, 2.05) is 0 Å². The first-order chi connectivity index (χ1) is 11.8. The van der Waals surface area contributed by atoms with Crippen LogP contribution in [0.1, 0.15) is 20.7 Å². The zero-order valence-electron chi connectivity index (χ0n) is 14.6. The molecule has 2 aromatic carbocycles. The molecule has 10 nitrogen and oxygen atoms in total. The van der Waals surface area contributed by atoms with E-state index in [1.165, 1.54) is 0 Å². The Labute approximate surface area is 204 Å². The number of rotatable bonds is 4. The first-order valence-corrected chi connectivity index (χ1v) is 9.28. The molecule has 0 aliphatic rings. The van der Waals surface area contributed by atoms with Crippen LogP contribution in [-0.4, -0.2) is 37.9 Å². The third-order valence-corrected chi connectivity index (χ3v) is 4.51. The van der Waals surface area contributed by atoms with Crippen molar-refractivity contribution >= 4 is 32.2 Å². The second-order valence-corrected chi connectivity index (χ2v) is 7.42. The molecule has 0 saturated heterocycles. The molecule has 0 radical (unpaired) electrons. The maximum Gasteiger partial charge on any atom is 1.00 e. The van der Waals surface area contributed by atoms with Gasteiger partial charge in [0.05, 0.1) is 21.7 Å². The van der Waals surface area contributed by atoms with E-state index in [2.05, 4.69) is 0 Å². The maximum atomic E-state index is 10.5. The number of hydrogen-bond acceptors (Lipinski definition) is 8. The van der Waals surface area contributed by atoms with Crippen LogP contribution in [0.3, 0.4) is 0 Å². The molecule has 0 bridgehead atoms. The molecule has 0 aromatic heterocycles. The van der Waals surface area contributed by atoms with Gasteiger partial charge < -0.3 is 19.8 Å². The first-order valence-electron chi connectivity index (χ1n) is 6.40. The molecule has 0 aliphatic carbocycles. The van der Waals surface area contributed by atoms with Crippen molar-refractivity contribution < 1.29 is 105 Å². The number of carbonyl (C=O) groups is 2. The smallest absolute Gasteiger partial charge is 0.545 e. The Morgan fingerprint density at radius 1 is 0.607 bits per heavy atom. The summed E-state index contributed by atoms with van der Waals surface area (Å²) in [6, 6.07) is 8.11. The van der Waals surface area contributed by atoms with E-state index in [-0.39, 0.29) is 80.0 Å². The molecular weight excluding hydrogens is 438 g/mol. The first kappa shape index (κ1) is 29.4. The summed E-state index contributed by atoms with van der Waals surface area (Å²) in [7, 11) is -8.52. The fraction of sp³-hybridized carbons (Fsp3) is 0. The number of benzene rings is 2. The number of hydrogen-bond donors (Lipinski definition) is 2. The van der Waals surface area contributed by atoms with Gasteiger partial charge in [-0.2, -0.15) is 16.8 Å². The van der Waals surface area contributed by atoms with Gasteiger partial charge in [0.1, 0.15) is 0 Å². The molecule has 2 N–H and O–H groups in total. The summed E-state index contributed by atoms with van der Waals surface area (Å²) in [6.45, 7) is 0. The Hall–Kier alpha value is -0.800. The monoisotopic (exact) mass is 448 g/mol. The fourth-order valence-electron chi connectivity index (χ4n) is 1.53. The normalized spacial score (nSPS) is 10.4. The molecule has 14 heteroatoms. The Bertz CT molecular complexity index is 929. The Morgan fingerprint density at radius 3 is 0.964 bits per heavy atom. The van der Waals surface area contributed by atoms with Crippen LogP contribution < -0.4 is 69.3 Å². The summed E-state index contributed by atoms with van der Waals surface area (Å²) in [5, 5.41) is 20.5. The maximum absolute atomic E-state index is 10.5. The van der Waals surface area contributed by atoms with Crippen molar-refractivity contribution in [3.8, 4) is 0 Å². The van der Waals surface area contributed by atoms with Crippen LogP contribution in [0.5, 0.6) is 0 Å². The average Bonchev–Trinajstić information content (AvgIpc) is 2.54. The van der Waals surface area contributed by atoms with Crippen LogP contribution in [0.25, 0.3) is 0 Å². The van der Waals surface area contributed by atoms with Crippen LogP contribution >= 0.6 is 0 Å². The number of carbonyl (C=O) groups excluding carboxylic acids is 2. The summed E-state index contributed by atoms with van der Waals surface area (Å²) < 4.78 is 59.1. The quantitative estimate of drug-likeness (QED) is 0.336. The number of aromatic carboxylic acids is 2. The predicted molar refractivity (Wildman–Crippen MR) is 81.2 cm³/mol. The molecule has 2 rings (SSSR count). The summed E-state index contributed by atoms with van der Waals surface area (Å²) in [4.78, 5) is 19.8. The molecule has 0 amide bonds. The van der Waals surface area contributed by atoms with Crippen molar-refractivity contribution in [2.24, 2.45) is 0 Å². The van der Waals surface area contributed by atoms with Crippen molar-refractivity contribution in [3.63, 3.8) is 0 Å². The van der Waals surface area contributed by atoms with E-state index >= 15 is 0 Å². The Morgan fingerprint density at radius 2 is 0.821 bits per heavy atom. The fourth-order valence-corrected chi connectivity index (χ4v) is 2.49. The van der Waals surface area contributed by atoms with Crippen LogP contribution in [0, 0.1) is 0 Å². The van der Waals surface area contributed by atoms with E-state index in [0.29, 0.717) is 0 Å². The van der Waals surface area contributed by atoms with Crippen LogP contribution in [0.15, 0.2) is 58.3 Å². The third-order valence-electron chi connectivity index (χ3n) is 2.78. The molecule has 0 spiro atoms. The minimum absolute atomic E-state index is 0. The van der Waals surface area contributed by atoms with E-state index in [1.54, 1.807) is 0 Å². The van der Waals surface area contributed by atoms with Crippen molar-refractivity contribution in [1.82, 2.24) is 0 Å². The van der Waals surface area contributed by atoms with Gasteiger partial charge in [-0.15, -0.1) is 0 Å². The van der Waals surface area contributed by atoms with Gasteiger partial charge in [-0.1, -0.05) is 24.3 Å². The van der Waals surface area contributed by atoms with Gasteiger partial charge >= 0.3 is 59.1 Å². The Balaban J connectivity index is 0. The van der Waals surface area contributed by atoms with E-state index in [4.69, 9.17) is 9.11 Å². The molecular formula is C14H10Na2O10S2. The second kappa shape index (κ2) is 12.0. The zero-order valence-corrected chi connectivity index (χ0v) is 20.2. The number of carboxylic acids is 2. The Kier molecular flexibility index (Phi) is 12.6. The topological polar surface area (TPSA) is 189 Å². The molecule has 0 fully saturated rings. The van der Waals surface area contributed by atoms with Crippen molar-refractivity contribution in [2.45, 2.75) is 9.79 Å². The molecule has 0 saturated carbocycles. The molecule has 0 aliphatic heterocycles. The zero-order chi connectivity index (χ0) is 20.1. The molecule has 0 atom stereocenters. The van der Waals surface area contributed by atoms with E-state index < -0.39 is 32.2 Å². The van der Waals surface area contributed by atoms with Crippen LogP contribution in [0.4, 0.5) is 0 Å². The summed E-state index contributed by atoms with van der Waals surface area (Å²) in [5.74, 6) is -2.80. The molecule has 2 aromatic rings. The largest absolute Gasteiger partial charge is 1.00 e. The number of carboxylic acid groups (broad SMARTS) is 2. The van der Waals surface area contributed by atoms with Gasteiger partial charge in [0.2, 0.25) is 0 Å². The van der Waals surface area contributed by atoms with Gasteiger partial charge in [0.15, 0.2) is 0 Å². The standard InChI is InChI=1S/2C7H6O5S.2Na/c2*8-7(9)5-1-3-6(4-2-5)13(10,11)12;;/h2*1-4H,(H,8,9)(H,10,11,12);;/q;;2*+1/p-2. The van der Waals surface area contributed by atoms with Gasteiger partial charge in [-0.3, -0.25) is 9.11 Å². The summed E-state index contributed by atoms with van der Waals surface area (Å²) in [6.07, 6.45) is 0. The molecule has 0 heterocycles. The summed E-state index contributed by atoms with van der Waals surface area (Å²) >= 11 is 0. The second-order valence-electron chi connectivity index (χ2n) is 4.57. The van der Waals surface area contributed by atoms with Gasteiger partial charge in [-0.05, 0) is 35.4 Å².